The van der Waals surface area contributed by atoms with Crippen LogP contribution < -0.4 is 10.2 Å². The largest absolute Gasteiger partial charge is 0.488 e. The molecule has 0 bridgehead atoms. The third-order valence-corrected chi connectivity index (χ3v) is 1.54. The van der Waals surface area contributed by atoms with E-state index in [9.17, 15) is 4.79 Å². The van der Waals surface area contributed by atoms with Crippen molar-refractivity contribution in [2.75, 3.05) is 6.61 Å². The molecule has 3 N–H and O–H groups in total. The Labute approximate surface area is 80.7 Å². The Morgan fingerprint density at radius 1 is 1.29 bits per heavy atom. The predicted octanol–water partition coefficient (Wildman–Crippen LogP) is -1.17. The van der Waals surface area contributed by atoms with Gasteiger partial charge in [-0.05, 0) is 17.6 Å². The average Bonchev–Trinajstić information content (AvgIpc) is 2.15. The van der Waals surface area contributed by atoms with Crippen molar-refractivity contribution in [1.29, 1.82) is 0 Å². The lowest BCUT2D eigenvalue weighted by Crippen LogP contribution is -2.29. The molecule has 0 aromatic heterocycles. The van der Waals surface area contributed by atoms with Crippen molar-refractivity contribution in [3.05, 3.63) is 24.3 Å². The van der Waals surface area contributed by atoms with Crippen molar-refractivity contribution in [2.24, 2.45) is 0 Å². The van der Waals surface area contributed by atoms with Gasteiger partial charge in [-0.2, -0.15) is 0 Å². The first-order valence-corrected chi connectivity index (χ1v) is 3.90. The molecule has 0 saturated heterocycles. The summed E-state index contributed by atoms with van der Waals surface area (Å²) in [7, 11) is -1.52. The molecule has 0 aliphatic carbocycles. The molecule has 1 rings (SSSR count). The van der Waals surface area contributed by atoms with Crippen LogP contribution in [0.5, 0.6) is 5.75 Å². The van der Waals surface area contributed by atoms with Crippen LogP contribution in [-0.2, 0) is 4.79 Å². The number of aliphatic carboxylic acids is 1. The second-order valence-electron chi connectivity index (χ2n) is 2.63. The van der Waals surface area contributed by atoms with Gasteiger partial charge in [-0.25, -0.2) is 4.79 Å². The van der Waals surface area contributed by atoms with Crippen LogP contribution in [0.3, 0.4) is 0 Å². The molecule has 0 amide bonds. The van der Waals surface area contributed by atoms with Gasteiger partial charge in [0.05, 0.1) is 0 Å². The van der Waals surface area contributed by atoms with Crippen LogP contribution in [0.25, 0.3) is 0 Å². The maximum Gasteiger partial charge on any atom is 0.488 e. The van der Waals surface area contributed by atoms with Crippen molar-refractivity contribution in [2.45, 2.75) is 0 Å². The van der Waals surface area contributed by atoms with Gasteiger partial charge < -0.3 is 19.9 Å². The molecule has 0 saturated carbocycles. The molecule has 5 nitrogen and oxygen atoms in total. The van der Waals surface area contributed by atoms with E-state index < -0.39 is 19.7 Å². The summed E-state index contributed by atoms with van der Waals surface area (Å²) in [5.41, 5.74) is 0.327. The van der Waals surface area contributed by atoms with Gasteiger partial charge in [-0.15, -0.1) is 0 Å². The highest BCUT2D eigenvalue weighted by Crippen LogP contribution is 2.06. The standard InChI is InChI=1S/C8H9BO5/c10-8(11)5-14-7-3-1-6(2-4-7)9(12)13/h1-4,12-13H,5H2,(H,10,11). The highest BCUT2D eigenvalue weighted by Gasteiger charge is 2.09. The summed E-state index contributed by atoms with van der Waals surface area (Å²) in [6, 6.07) is 5.83. The number of carboxylic acid groups (broad SMARTS) is 1. The number of benzene rings is 1. The monoisotopic (exact) mass is 196 g/mol. The number of carbonyl (C=O) groups is 1. The summed E-state index contributed by atoms with van der Waals surface area (Å²) in [6.45, 7) is -0.416. The van der Waals surface area contributed by atoms with Gasteiger partial charge in [0.1, 0.15) is 5.75 Å². The van der Waals surface area contributed by atoms with E-state index in [1.807, 2.05) is 0 Å². The van der Waals surface area contributed by atoms with E-state index in [0.29, 0.717) is 11.2 Å². The van der Waals surface area contributed by atoms with Crippen molar-refractivity contribution in [3.63, 3.8) is 0 Å². The van der Waals surface area contributed by atoms with Crippen molar-refractivity contribution in [1.82, 2.24) is 0 Å². The molecule has 0 heterocycles. The van der Waals surface area contributed by atoms with Crippen LogP contribution in [0.2, 0.25) is 0 Å². The fourth-order valence-electron chi connectivity index (χ4n) is 0.881. The molecular formula is C8H9BO5. The third-order valence-electron chi connectivity index (χ3n) is 1.54. The van der Waals surface area contributed by atoms with Crippen molar-refractivity contribution in [3.8, 4) is 5.75 Å². The fourth-order valence-corrected chi connectivity index (χ4v) is 0.881. The maximum absolute atomic E-state index is 10.1. The zero-order valence-corrected chi connectivity index (χ0v) is 7.25. The summed E-state index contributed by atoms with van der Waals surface area (Å²) in [4.78, 5) is 10.1. The average molecular weight is 196 g/mol. The van der Waals surface area contributed by atoms with Crippen LogP contribution in [0.15, 0.2) is 24.3 Å². The smallest absolute Gasteiger partial charge is 0.482 e. The molecular weight excluding hydrogens is 187 g/mol. The second kappa shape index (κ2) is 4.64. The Hall–Kier alpha value is -1.53. The van der Waals surface area contributed by atoms with Gasteiger partial charge in [0.15, 0.2) is 6.61 Å². The lowest BCUT2D eigenvalue weighted by atomic mass is 9.80. The summed E-state index contributed by atoms with van der Waals surface area (Å²) < 4.78 is 4.84. The van der Waals surface area contributed by atoms with Crippen LogP contribution in [0.4, 0.5) is 0 Å². The van der Waals surface area contributed by atoms with Gasteiger partial charge in [0.2, 0.25) is 0 Å². The zero-order chi connectivity index (χ0) is 10.6. The lowest BCUT2D eigenvalue weighted by Gasteiger charge is -2.03. The molecule has 0 fully saturated rings. The molecule has 14 heavy (non-hydrogen) atoms. The molecule has 0 aliphatic rings. The van der Waals surface area contributed by atoms with E-state index in [1.54, 1.807) is 0 Å². The zero-order valence-electron chi connectivity index (χ0n) is 7.25. The van der Waals surface area contributed by atoms with E-state index in [0.717, 1.165) is 0 Å². The fraction of sp³-hybridized carbons (Fsp3) is 0.125. The topological polar surface area (TPSA) is 87.0 Å². The highest BCUT2D eigenvalue weighted by molar-refractivity contribution is 6.58. The van der Waals surface area contributed by atoms with Crippen molar-refractivity contribution >= 4 is 18.6 Å². The van der Waals surface area contributed by atoms with Crippen LogP contribution in [-0.4, -0.2) is 34.8 Å². The van der Waals surface area contributed by atoms with Crippen LogP contribution >= 0.6 is 0 Å². The third kappa shape index (κ3) is 3.08. The molecule has 0 aliphatic heterocycles. The minimum atomic E-state index is -1.52. The summed E-state index contributed by atoms with van der Waals surface area (Å²) in [6.07, 6.45) is 0. The maximum atomic E-state index is 10.1. The first kappa shape index (κ1) is 10.6. The molecule has 0 radical (unpaired) electrons. The molecule has 6 heteroatoms. The number of hydrogen-bond donors (Lipinski definition) is 3. The summed E-state index contributed by atoms with van der Waals surface area (Å²) in [5, 5.41) is 25.8. The second-order valence-corrected chi connectivity index (χ2v) is 2.63. The Morgan fingerprint density at radius 3 is 2.29 bits per heavy atom. The molecule has 0 spiro atoms. The number of ether oxygens (including phenoxy) is 1. The van der Waals surface area contributed by atoms with Gasteiger partial charge in [-0.3, -0.25) is 0 Å². The van der Waals surface area contributed by atoms with Gasteiger partial charge in [0.25, 0.3) is 0 Å². The molecule has 1 aromatic rings. The SMILES string of the molecule is O=C(O)COc1ccc(B(O)O)cc1. The Bertz CT molecular complexity index is 308. The Kier molecular flexibility index (Phi) is 3.50. The van der Waals surface area contributed by atoms with E-state index in [-0.39, 0.29) is 0 Å². The molecule has 1 aromatic carbocycles. The predicted molar refractivity (Wildman–Crippen MR) is 49.4 cm³/mol. The van der Waals surface area contributed by atoms with Gasteiger partial charge >= 0.3 is 13.1 Å². The van der Waals surface area contributed by atoms with Crippen LogP contribution in [0.1, 0.15) is 0 Å². The highest BCUT2D eigenvalue weighted by atomic mass is 16.5. The summed E-state index contributed by atoms with van der Waals surface area (Å²) in [5.74, 6) is -0.687. The van der Waals surface area contributed by atoms with Gasteiger partial charge in [-0.1, -0.05) is 12.1 Å². The minimum absolute atomic E-state index is 0.327. The first-order chi connectivity index (χ1) is 6.59. The Balaban J connectivity index is 2.59. The number of hydrogen-bond acceptors (Lipinski definition) is 4. The minimum Gasteiger partial charge on any atom is -0.482 e. The lowest BCUT2D eigenvalue weighted by molar-refractivity contribution is -0.139. The quantitative estimate of drug-likeness (QED) is 0.528. The van der Waals surface area contributed by atoms with E-state index in [1.165, 1.54) is 24.3 Å². The molecule has 0 unspecified atom stereocenters. The van der Waals surface area contributed by atoms with E-state index in [4.69, 9.17) is 19.9 Å². The molecule has 0 atom stereocenters. The van der Waals surface area contributed by atoms with Crippen molar-refractivity contribution < 1.29 is 24.7 Å². The van der Waals surface area contributed by atoms with Gasteiger partial charge in [0, 0.05) is 0 Å². The number of rotatable bonds is 4. The normalized spacial score (nSPS) is 9.57. The first-order valence-electron chi connectivity index (χ1n) is 3.90. The Morgan fingerprint density at radius 2 is 1.86 bits per heavy atom. The number of carboxylic acids is 1. The van der Waals surface area contributed by atoms with E-state index in [2.05, 4.69) is 0 Å². The van der Waals surface area contributed by atoms with E-state index >= 15 is 0 Å². The molecule has 74 valence electrons. The summed E-state index contributed by atoms with van der Waals surface area (Å²) >= 11 is 0. The van der Waals surface area contributed by atoms with Crippen LogP contribution in [0, 0.1) is 0 Å².